The summed E-state index contributed by atoms with van der Waals surface area (Å²) < 4.78 is 5.69. The van der Waals surface area contributed by atoms with Gasteiger partial charge in [0.15, 0.2) is 0 Å². The summed E-state index contributed by atoms with van der Waals surface area (Å²) in [4.78, 5) is 2.30. The average molecular weight is 157 g/mol. The van der Waals surface area contributed by atoms with Crippen LogP contribution in [0.5, 0.6) is 0 Å². The normalized spacial score (nSPS) is 34.6. The molecule has 0 unspecified atom stereocenters. The van der Waals surface area contributed by atoms with E-state index in [0.29, 0.717) is 18.1 Å². The second-order valence-electron chi connectivity index (χ2n) is 4.01. The molecule has 0 N–H and O–H groups in total. The quantitative estimate of drug-likeness (QED) is 0.573. The molecule has 1 saturated heterocycles. The molecule has 0 aliphatic carbocycles. The Balaban J connectivity index is 2.44. The predicted molar refractivity (Wildman–Crippen MR) is 46.4 cm³/mol. The monoisotopic (exact) mass is 157 g/mol. The van der Waals surface area contributed by atoms with Crippen molar-refractivity contribution in [1.82, 2.24) is 4.90 Å². The molecule has 2 atom stereocenters. The van der Waals surface area contributed by atoms with E-state index in [4.69, 9.17) is 4.74 Å². The van der Waals surface area contributed by atoms with Crippen LogP contribution in [0.1, 0.15) is 20.8 Å². The van der Waals surface area contributed by atoms with Crippen LogP contribution in [-0.2, 0) is 4.74 Å². The standard InChI is InChI=1S/C9H19NO/c1-7(2)9-10(4)5-8(3)6-11-9/h7-9H,5-6H2,1-4H3/t8-,9-/m1/s1. The second-order valence-corrected chi connectivity index (χ2v) is 4.01. The summed E-state index contributed by atoms with van der Waals surface area (Å²) in [5, 5.41) is 0. The van der Waals surface area contributed by atoms with Gasteiger partial charge in [0.1, 0.15) is 6.23 Å². The van der Waals surface area contributed by atoms with Gasteiger partial charge in [-0.05, 0) is 18.9 Å². The van der Waals surface area contributed by atoms with Crippen LogP contribution in [0.2, 0.25) is 0 Å². The van der Waals surface area contributed by atoms with Gasteiger partial charge in [-0.25, -0.2) is 0 Å². The molecule has 0 bridgehead atoms. The van der Waals surface area contributed by atoms with Gasteiger partial charge < -0.3 is 4.74 Å². The van der Waals surface area contributed by atoms with Crippen LogP contribution in [0.25, 0.3) is 0 Å². The fourth-order valence-corrected chi connectivity index (χ4v) is 1.74. The molecule has 66 valence electrons. The smallest absolute Gasteiger partial charge is 0.112 e. The molecular formula is C9H19NO. The third-order valence-electron chi connectivity index (χ3n) is 2.16. The molecule has 0 aromatic heterocycles. The number of nitrogens with zero attached hydrogens (tertiary/aromatic N) is 1. The first-order chi connectivity index (χ1) is 5.11. The summed E-state index contributed by atoms with van der Waals surface area (Å²) in [6.07, 6.45) is 0.339. The number of hydrogen-bond donors (Lipinski definition) is 0. The van der Waals surface area contributed by atoms with E-state index < -0.39 is 0 Å². The van der Waals surface area contributed by atoms with Crippen molar-refractivity contribution in [3.63, 3.8) is 0 Å². The summed E-state index contributed by atoms with van der Waals surface area (Å²) in [5.74, 6) is 1.29. The van der Waals surface area contributed by atoms with E-state index in [2.05, 4.69) is 32.7 Å². The highest BCUT2D eigenvalue weighted by Gasteiger charge is 2.25. The van der Waals surface area contributed by atoms with E-state index in [1.807, 2.05) is 0 Å². The van der Waals surface area contributed by atoms with E-state index in [1.165, 1.54) is 6.54 Å². The Morgan fingerprint density at radius 3 is 2.55 bits per heavy atom. The average Bonchev–Trinajstić information content (AvgIpc) is 1.85. The Morgan fingerprint density at radius 2 is 2.09 bits per heavy atom. The van der Waals surface area contributed by atoms with Gasteiger partial charge in [0.2, 0.25) is 0 Å². The van der Waals surface area contributed by atoms with Gasteiger partial charge in [-0.15, -0.1) is 0 Å². The molecular weight excluding hydrogens is 138 g/mol. The number of ether oxygens (including phenoxy) is 1. The van der Waals surface area contributed by atoms with Crippen molar-refractivity contribution in [1.29, 1.82) is 0 Å². The maximum atomic E-state index is 5.69. The van der Waals surface area contributed by atoms with Crippen molar-refractivity contribution in [2.45, 2.75) is 27.0 Å². The SMILES string of the molecule is CC(C)[C@H]1OC[C@H](C)CN1C. The van der Waals surface area contributed by atoms with E-state index in [-0.39, 0.29) is 0 Å². The minimum absolute atomic E-state index is 0.339. The fourth-order valence-electron chi connectivity index (χ4n) is 1.74. The van der Waals surface area contributed by atoms with E-state index in [9.17, 15) is 0 Å². The van der Waals surface area contributed by atoms with Crippen molar-refractivity contribution in [3.8, 4) is 0 Å². The minimum atomic E-state index is 0.339. The number of hydrogen-bond acceptors (Lipinski definition) is 2. The molecule has 2 heteroatoms. The third kappa shape index (κ3) is 2.17. The zero-order chi connectivity index (χ0) is 8.43. The largest absolute Gasteiger partial charge is 0.363 e. The van der Waals surface area contributed by atoms with Crippen molar-refractivity contribution in [3.05, 3.63) is 0 Å². The van der Waals surface area contributed by atoms with Crippen molar-refractivity contribution < 1.29 is 4.74 Å². The number of rotatable bonds is 1. The lowest BCUT2D eigenvalue weighted by Crippen LogP contribution is -2.46. The van der Waals surface area contributed by atoms with Gasteiger partial charge in [-0.2, -0.15) is 0 Å². The summed E-state index contributed by atoms with van der Waals surface area (Å²) in [6.45, 7) is 8.73. The Kier molecular flexibility index (Phi) is 2.90. The van der Waals surface area contributed by atoms with Crippen LogP contribution in [0, 0.1) is 11.8 Å². The zero-order valence-electron chi connectivity index (χ0n) is 8.00. The maximum absolute atomic E-state index is 5.69. The van der Waals surface area contributed by atoms with Gasteiger partial charge in [0, 0.05) is 6.54 Å². The van der Waals surface area contributed by atoms with Crippen LogP contribution >= 0.6 is 0 Å². The maximum Gasteiger partial charge on any atom is 0.112 e. The van der Waals surface area contributed by atoms with Crippen LogP contribution in [0.15, 0.2) is 0 Å². The van der Waals surface area contributed by atoms with Crippen LogP contribution in [0.4, 0.5) is 0 Å². The van der Waals surface area contributed by atoms with E-state index in [0.717, 1.165) is 6.61 Å². The molecule has 1 heterocycles. The molecule has 0 radical (unpaired) electrons. The molecule has 0 aromatic rings. The Morgan fingerprint density at radius 1 is 1.45 bits per heavy atom. The predicted octanol–water partition coefficient (Wildman–Crippen LogP) is 1.57. The molecule has 0 aromatic carbocycles. The zero-order valence-corrected chi connectivity index (χ0v) is 8.00. The highest BCUT2D eigenvalue weighted by atomic mass is 16.5. The first-order valence-electron chi connectivity index (χ1n) is 4.43. The molecule has 1 aliphatic rings. The Hall–Kier alpha value is -0.0800. The Labute approximate surface area is 69.5 Å². The third-order valence-corrected chi connectivity index (χ3v) is 2.16. The molecule has 1 rings (SSSR count). The first kappa shape index (κ1) is 9.01. The van der Waals surface area contributed by atoms with Gasteiger partial charge in [-0.3, -0.25) is 4.90 Å². The van der Waals surface area contributed by atoms with Gasteiger partial charge >= 0.3 is 0 Å². The topological polar surface area (TPSA) is 12.5 Å². The highest BCUT2D eigenvalue weighted by Crippen LogP contribution is 2.18. The van der Waals surface area contributed by atoms with Gasteiger partial charge in [0.25, 0.3) is 0 Å². The van der Waals surface area contributed by atoms with E-state index in [1.54, 1.807) is 0 Å². The molecule has 1 fully saturated rings. The molecule has 0 amide bonds. The summed E-state index contributed by atoms with van der Waals surface area (Å²) in [7, 11) is 2.14. The molecule has 1 aliphatic heterocycles. The molecule has 0 spiro atoms. The van der Waals surface area contributed by atoms with Crippen molar-refractivity contribution in [2.75, 3.05) is 20.2 Å². The van der Waals surface area contributed by atoms with Gasteiger partial charge in [0.05, 0.1) is 6.61 Å². The van der Waals surface area contributed by atoms with E-state index >= 15 is 0 Å². The highest BCUT2D eigenvalue weighted by molar-refractivity contribution is 4.70. The lowest BCUT2D eigenvalue weighted by molar-refractivity contribution is -0.127. The van der Waals surface area contributed by atoms with Crippen LogP contribution in [-0.4, -0.2) is 31.3 Å². The minimum Gasteiger partial charge on any atom is -0.363 e. The lowest BCUT2D eigenvalue weighted by Gasteiger charge is -2.38. The lowest BCUT2D eigenvalue weighted by atomic mass is 10.1. The van der Waals surface area contributed by atoms with Crippen molar-refractivity contribution in [2.24, 2.45) is 11.8 Å². The fraction of sp³-hybridized carbons (Fsp3) is 1.00. The second kappa shape index (κ2) is 3.55. The first-order valence-corrected chi connectivity index (χ1v) is 4.43. The summed E-state index contributed by atoms with van der Waals surface area (Å²) in [5.41, 5.74) is 0. The molecule has 0 saturated carbocycles. The molecule has 11 heavy (non-hydrogen) atoms. The summed E-state index contributed by atoms with van der Waals surface area (Å²) >= 11 is 0. The molecule has 2 nitrogen and oxygen atoms in total. The summed E-state index contributed by atoms with van der Waals surface area (Å²) in [6, 6.07) is 0. The van der Waals surface area contributed by atoms with Crippen LogP contribution in [0.3, 0.4) is 0 Å². The Bertz CT molecular complexity index is 125. The van der Waals surface area contributed by atoms with Crippen LogP contribution < -0.4 is 0 Å². The van der Waals surface area contributed by atoms with Crippen molar-refractivity contribution >= 4 is 0 Å². The van der Waals surface area contributed by atoms with Gasteiger partial charge in [-0.1, -0.05) is 20.8 Å².